The molecule has 6 heteroatoms. The molecule has 1 aliphatic rings. The van der Waals surface area contributed by atoms with Gasteiger partial charge in [0.1, 0.15) is 4.21 Å². The van der Waals surface area contributed by atoms with Crippen molar-refractivity contribution in [2.24, 2.45) is 11.3 Å². The average molecular weight is 394 g/mol. The number of thiophene rings is 1. The van der Waals surface area contributed by atoms with Crippen LogP contribution in [-0.2, 0) is 10.0 Å². The van der Waals surface area contributed by atoms with E-state index >= 15 is 0 Å². The Bertz CT molecular complexity index is 572. The zero-order valence-corrected chi connectivity index (χ0v) is 16.1. The molecule has 0 bridgehead atoms. The van der Waals surface area contributed by atoms with E-state index in [0.717, 1.165) is 29.5 Å². The Hall–Kier alpha value is 0.0900. The summed E-state index contributed by atoms with van der Waals surface area (Å²) in [5, 5.41) is 0. The van der Waals surface area contributed by atoms with Crippen LogP contribution in [0.2, 0.25) is 0 Å². The number of hydrogen-bond acceptors (Lipinski definition) is 3. The fraction of sp³-hybridized carbons (Fsp3) is 0.733. The number of halogens is 1. The third-order valence-electron chi connectivity index (χ3n) is 4.88. The van der Waals surface area contributed by atoms with Crippen molar-refractivity contribution in [3.63, 3.8) is 0 Å². The fourth-order valence-corrected chi connectivity index (χ4v) is 6.33. The third kappa shape index (κ3) is 4.30. The van der Waals surface area contributed by atoms with E-state index in [-0.39, 0.29) is 6.04 Å². The minimum absolute atomic E-state index is 0.0831. The predicted octanol–water partition coefficient (Wildman–Crippen LogP) is 4.78. The van der Waals surface area contributed by atoms with Crippen LogP contribution < -0.4 is 4.72 Å². The van der Waals surface area contributed by atoms with Gasteiger partial charge in [-0.15, -0.1) is 11.3 Å². The van der Waals surface area contributed by atoms with Gasteiger partial charge in [0.05, 0.1) is 3.79 Å². The van der Waals surface area contributed by atoms with Crippen molar-refractivity contribution >= 4 is 37.3 Å². The van der Waals surface area contributed by atoms with Crippen LogP contribution in [0.1, 0.15) is 52.9 Å². The highest BCUT2D eigenvalue weighted by atomic mass is 79.9. The first-order valence-corrected chi connectivity index (χ1v) is 10.6. The highest BCUT2D eigenvalue weighted by molar-refractivity contribution is 9.11. The molecule has 1 heterocycles. The minimum atomic E-state index is -3.36. The maximum absolute atomic E-state index is 12.3. The summed E-state index contributed by atoms with van der Waals surface area (Å²) in [6.45, 7) is 6.89. The maximum atomic E-state index is 12.3. The maximum Gasteiger partial charge on any atom is 0.250 e. The van der Waals surface area contributed by atoms with Gasteiger partial charge in [-0.05, 0) is 65.1 Å². The second kappa shape index (κ2) is 6.69. The average Bonchev–Trinajstić information content (AvgIpc) is 2.86. The number of nitrogens with one attached hydrogen (secondary N) is 1. The van der Waals surface area contributed by atoms with E-state index in [1.54, 1.807) is 12.1 Å². The molecule has 3 nitrogen and oxygen atoms in total. The molecule has 1 fully saturated rings. The first kappa shape index (κ1) is 17.4. The van der Waals surface area contributed by atoms with Gasteiger partial charge in [0.25, 0.3) is 0 Å². The molecule has 0 aromatic carbocycles. The summed E-state index contributed by atoms with van der Waals surface area (Å²) in [4.78, 5) is 0. The Morgan fingerprint density at radius 2 is 1.90 bits per heavy atom. The van der Waals surface area contributed by atoms with E-state index in [1.165, 1.54) is 17.8 Å². The number of sulfonamides is 1. The van der Waals surface area contributed by atoms with Crippen LogP contribution in [0.3, 0.4) is 0 Å². The number of rotatable bonds is 5. The molecule has 0 radical (unpaired) electrons. The summed E-state index contributed by atoms with van der Waals surface area (Å²) in [5.41, 5.74) is 0.364. The Balaban J connectivity index is 1.95. The monoisotopic (exact) mass is 393 g/mol. The van der Waals surface area contributed by atoms with Gasteiger partial charge in [-0.2, -0.15) is 0 Å². The quantitative estimate of drug-likeness (QED) is 0.781. The molecule has 0 amide bonds. The van der Waals surface area contributed by atoms with Crippen molar-refractivity contribution in [1.29, 1.82) is 0 Å². The van der Waals surface area contributed by atoms with Gasteiger partial charge in [-0.3, -0.25) is 0 Å². The molecule has 21 heavy (non-hydrogen) atoms. The van der Waals surface area contributed by atoms with Crippen LogP contribution in [0.25, 0.3) is 0 Å². The summed E-state index contributed by atoms with van der Waals surface area (Å²) in [7, 11) is -3.36. The fourth-order valence-electron chi connectivity index (χ4n) is 3.00. The van der Waals surface area contributed by atoms with Gasteiger partial charge >= 0.3 is 0 Å². The lowest BCUT2D eigenvalue weighted by atomic mass is 9.69. The molecule has 0 saturated heterocycles. The lowest BCUT2D eigenvalue weighted by Gasteiger charge is -2.38. The van der Waals surface area contributed by atoms with Gasteiger partial charge in [0.2, 0.25) is 10.0 Å². The molecule has 1 saturated carbocycles. The van der Waals surface area contributed by atoms with E-state index < -0.39 is 10.0 Å². The van der Waals surface area contributed by atoms with Crippen molar-refractivity contribution in [2.75, 3.05) is 0 Å². The Kier molecular flexibility index (Phi) is 5.55. The van der Waals surface area contributed by atoms with Gasteiger partial charge in [-0.1, -0.05) is 27.2 Å². The minimum Gasteiger partial charge on any atom is -0.207 e. The Morgan fingerprint density at radius 1 is 1.29 bits per heavy atom. The van der Waals surface area contributed by atoms with Gasteiger partial charge in [0.15, 0.2) is 0 Å². The van der Waals surface area contributed by atoms with Crippen LogP contribution >= 0.6 is 27.3 Å². The second-order valence-corrected chi connectivity index (χ2v) is 11.0. The van der Waals surface area contributed by atoms with E-state index in [9.17, 15) is 8.42 Å². The normalized spacial score (nSPS) is 24.2. The van der Waals surface area contributed by atoms with Crippen LogP contribution in [0.15, 0.2) is 20.1 Å². The molecule has 2 rings (SSSR count). The van der Waals surface area contributed by atoms with Gasteiger partial charge in [-0.25, -0.2) is 13.1 Å². The molecular weight excluding hydrogens is 370 g/mol. The van der Waals surface area contributed by atoms with Crippen molar-refractivity contribution in [1.82, 2.24) is 4.72 Å². The summed E-state index contributed by atoms with van der Waals surface area (Å²) < 4.78 is 28.8. The first-order valence-electron chi connectivity index (χ1n) is 7.52. The Labute approximate surface area is 140 Å². The summed E-state index contributed by atoms with van der Waals surface area (Å²) in [6.07, 6.45) is 5.29. The topological polar surface area (TPSA) is 46.2 Å². The molecule has 1 aromatic rings. The SMILES string of the molecule is CCC(C)(C)C1CCC(NS(=O)(=O)c2ccc(Br)s2)CC1. The van der Waals surface area contributed by atoms with Crippen molar-refractivity contribution in [3.05, 3.63) is 15.9 Å². The predicted molar refractivity (Wildman–Crippen MR) is 92.2 cm³/mol. The molecule has 1 aliphatic carbocycles. The first-order chi connectivity index (χ1) is 9.74. The molecule has 0 aliphatic heterocycles. The lowest BCUT2D eigenvalue weighted by Crippen LogP contribution is -2.39. The van der Waals surface area contributed by atoms with E-state index in [1.807, 2.05) is 0 Å². The highest BCUT2D eigenvalue weighted by Gasteiger charge is 2.33. The molecule has 1 aromatic heterocycles. The summed E-state index contributed by atoms with van der Waals surface area (Å²) >= 11 is 4.57. The van der Waals surface area contributed by atoms with Crippen molar-refractivity contribution in [3.8, 4) is 0 Å². The molecule has 0 atom stereocenters. The summed E-state index contributed by atoms with van der Waals surface area (Å²) in [6, 6.07) is 3.52. The lowest BCUT2D eigenvalue weighted by molar-refractivity contribution is 0.142. The third-order valence-corrected chi connectivity index (χ3v) is 8.51. The summed E-state index contributed by atoms with van der Waals surface area (Å²) in [5.74, 6) is 0.708. The second-order valence-electron chi connectivity index (χ2n) is 6.57. The van der Waals surface area contributed by atoms with Crippen LogP contribution in [0, 0.1) is 11.3 Å². The standard InChI is InChI=1S/C15H24BrNO2S2/c1-4-15(2,3)11-5-7-12(8-6-11)17-21(18,19)14-10-9-13(16)20-14/h9-12,17H,4-8H2,1-3H3. The van der Waals surface area contributed by atoms with Crippen molar-refractivity contribution < 1.29 is 8.42 Å². The smallest absolute Gasteiger partial charge is 0.207 e. The van der Waals surface area contributed by atoms with E-state index in [2.05, 4.69) is 41.4 Å². The molecular formula is C15H24BrNO2S2. The van der Waals surface area contributed by atoms with Gasteiger partial charge < -0.3 is 0 Å². The Morgan fingerprint density at radius 3 is 2.38 bits per heavy atom. The molecule has 0 unspecified atom stereocenters. The van der Waals surface area contributed by atoms with Crippen LogP contribution in [0.4, 0.5) is 0 Å². The highest BCUT2D eigenvalue weighted by Crippen LogP contribution is 2.40. The van der Waals surface area contributed by atoms with Crippen molar-refractivity contribution in [2.45, 2.75) is 63.1 Å². The number of hydrogen-bond donors (Lipinski definition) is 1. The molecule has 1 N–H and O–H groups in total. The van der Waals surface area contributed by atoms with E-state index in [0.29, 0.717) is 15.5 Å². The largest absolute Gasteiger partial charge is 0.250 e. The van der Waals surface area contributed by atoms with Crippen LogP contribution in [-0.4, -0.2) is 14.5 Å². The zero-order valence-electron chi connectivity index (χ0n) is 12.9. The van der Waals surface area contributed by atoms with Gasteiger partial charge in [0, 0.05) is 6.04 Å². The van der Waals surface area contributed by atoms with E-state index in [4.69, 9.17) is 0 Å². The zero-order chi connectivity index (χ0) is 15.7. The van der Waals surface area contributed by atoms with Crippen LogP contribution in [0.5, 0.6) is 0 Å². The molecule has 120 valence electrons. The molecule has 0 spiro atoms.